The Balaban J connectivity index is 2.17. The van der Waals surface area contributed by atoms with Gasteiger partial charge in [-0.25, -0.2) is 13.2 Å². The summed E-state index contributed by atoms with van der Waals surface area (Å²) in [7, 11) is 0. The summed E-state index contributed by atoms with van der Waals surface area (Å²) >= 11 is 0. The van der Waals surface area contributed by atoms with Crippen LogP contribution in [0.4, 0.5) is 13.2 Å². The zero-order valence-electron chi connectivity index (χ0n) is 10.7. The highest BCUT2D eigenvalue weighted by molar-refractivity contribution is 5.94. The highest BCUT2D eigenvalue weighted by atomic mass is 19.1. The molecule has 104 valence electrons. The number of hydrogen-bond acceptors (Lipinski definition) is 1. The molecule has 1 amide bonds. The van der Waals surface area contributed by atoms with E-state index in [4.69, 9.17) is 0 Å². The summed E-state index contributed by atoms with van der Waals surface area (Å²) in [5.41, 5.74) is 0.0120. The second-order valence-corrected chi connectivity index (χ2v) is 4.34. The number of benzene rings is 2. The molecule has 0 aliphatic carbocycles. The molecule has 0 aliphatic rings. The van der Waals surface area contributed by atoms with Crippen LogP contribution in [-0.2, 0) is 0 Å². The summed E-state index contributed by atoms with van der Waals surface area (Å²) in [6.45, 7) is 1.54. The molecule has 2 aromatic carbocycles. The van der Waals surface area contributed by atoms with E-state index in [0.717, 1.165) is 18.2 Å². The molecule has 0 bridgehead atoms. The van der Waals surface area contributed by atoms with Gasteiger partial charge < -0.3 is 5.32 Å². The first-order valence-corrected chi connectivity index (χ1v) is 5.99. The van der Waals surface area contributed by atoms with Gasteiger partial charge in [0, 0.05) is 11.6 Å². The summed E-state index contributed by atoms with van der Waals surface area (Å²) in [5.74, 6) is -2.76. The third-order valence-electron chi connectivity index (χ3n) is 2.90. The number of carbonyl (C=O) groups excluding carboxylic acids is 1. The van der Waals surface area contributed by atoms with E-state index in [1.165, 1.54) is 31.2 Å². The van der Waals surface area contributed by atoms with Gasteiger partial charge >= 0.3 is 0 Å². The molecule has 2 aromatic rings. The Labute approximate surface area is 114 Å². The van der Waals surface area contributed by atoms with Gasteiger partial charge in [-0.15, -0.1) is 0 Å². The predicted octanol–water partition coefficient (Wildman–Crippen LogP) is 3.59. The maximum atomic E-state index is 13.6. The van der Waals surface area contributed by atoms with Gasteiger partial charge in [0.15, 0.2) is 0 Å². The van der Waals surface area contributed by atoms with Crippen molar-refractivity contribution in [2.45, 2.75) is 13.0 Å². The van der Waals surface area contributed by atoms with E-state index in [-0.39, 0.29) is 11.1 Å². The average molecular weight is 279 g/mol. The fraction of sp³-hybridized carbons (Fsp3) is 0.133. The van der Waals surface area contributed by atoms with E-state index < -0.39 is 29.4 Å². The SMILES string of the molecule is CC(NC(=O)c1ccccc1F)c1ccc(F)cc1F. The Hall–Kier alpha value is -2.30. The first-order valence-electron chi connectivity index (χ1n) is 5.99. The molecule has 2 nitrogen and oxygen atoms in total. The van der Waals surface area contributed by atoms with E-state index in [0.29, 0.717) is 0 Å². The summed E-state index contributed by atoms with van der Waals surface area (Å²) in [6.07, 6.45) is 0. The lowest BCUT2D eigenvalue weighted by Gasteiger charge is -2.15. The summed E-state index contributed by atoms with van der Waals surface area (Å²) in [5, 5.41) is 2.47. The standard InChI is InChI=1S/C15H12F3NO/c1-9(11-7-6-10(16)8-14(11)18)19-15(20)12-4-2-3-5-13(12)17/h2-9H,1H3,(H,19,20). The van der Waals surface area contributed by atoms with Crippen LogP contribution in [0.25, 0.3) is 0 Å². The number of hydrogen-bond donors (Lipinski definition) is 1. The Kier molecular flexibility index (Phi) is 4.08. The van der Waals surface area contributed by atoms with Crippen molar-refractivity contribution in [1.82, 2.24) is 5.32 Å². The van der Waals surface area contributed by atoms with Crippen molar-refractivity contribution in [1.29, 1.82) is 0 Å². The Morgan fingerprint density at radius 3 is 2.40 bits per heavy atom. The molecule has 0 spiro atoms. The van der Waals surface area contributed by atoms with Crippen LogP contribution in [0.1, 0.15) is 28.9 Å². The molecule has 1 atom stereocenters. The molecule has 0 aliphatic heterocycles. The molecule has 0 heterocycles. The average Bonchev–Trinajstić information content (AvgIpc) is 2.38. The van der Waals surface area contributed by atoms with Gasteiger partial charge in [0.2, 0.25) is 0 Å². The fourth-order valence-corrected chi connectivity index (χ4v) is 1.85. The number of carbonyl (C=O) groups is 1. The summed E-state index contributed by atoms with van der Waals surface area (Å²) in [4.78, 5) is 11.9. The van der Waals surface area contributed by atoms with Crippen LogP contribution in [-0.4, -0.2) is 5.91 Å². The minimum Gasteiger partial charge on any atom is -0.345 e. The number of halogens is 3. The van der Waals surface area contributed by atoms with Crippen LogP contribution in [0.2, 0.25) is 0 Å². The predicted molar refractivity (Wildman–Crippen MR) is 68.6 cm³/mol. The van der Waals surface area contributed by atoms with E-state index in [1.807, 2.05) is 0 Å². The minimum absolute atomic E-state index is 0.123. The molecule has 1 N–H and O–H groups in total. The maximum Gasteiger partial charge on any atom is 0.254 e. The summed E-state index contributed by atoms with van der Waals surface area (Å²) < 4.78 is 39.8. The highest BCUT2D eigenvalue weighted by Crippen LogP contribution is 2.18. The molecule has 2 rings (SSSR count). The maximum absolute atomic E-state index is 13.6. The number of amides is 1. The number of nitrogens with one attached hydrogen (secondary N) is 1. The van der Waals surface area contributed by atoms with Crippen molar-refractivity contribution in [2.75, 3.05) is 0 Å². The van der Waals surface area contributed by atoms with Crippen LogP contribution in [0.5, 0.6) is 0 Å². The molecule has 5 heteroatoms. The third kappa shape index (κ3) is 2.99. The molecule has 20 heavy (non-hydrogen) atoms. The second-order valence-electron chi connectivity index (χ2n) is 4.34. The lowest BCUT2D eigenvalue weighted by Crippen LogP contribution is -2.28. The summed E-state index contributed by atoms with van der Waals surface area (Å²) in [6, 6.07) is 7.87. The van der Waals surface area contributed by atoms with Gasteiger partial charge in [-0.05, 0) is 25.1 Å². The largest absolute Gasteiger partial charge is 0.345 e. The zero-order valence-corrected chi connectivity index (χ0v) is 10.7. The fourth-order valence-electron chi connectivity index (χ4n) is 1.85. The Bertz CT molecular complexity index is 643. The van der Waals surface area contributed by atoms with Gasteiger partial charge in [0.1, 0.15) is 17.5 Å². The molecular weight excluding hydrogens is 267 g/mol. The smallest absolute Gasteiger partial charge is 0.254 e. The molecular formula is C15H12F3NO. The highest BCUT2D eigenvalue weighted by Gasteiger charge is 2.17. The van der Waals surface area contributed by atoms with Gasteiger partial charge in [0.25, 0.3) is 5.91 Å². The van der Waals surface area contributed by atoms with Crippen molar-refractivity contribution >= 4 is 5.91 Å². The molecule has 0 fully saturated rings. The van der Waals surface area contributed by atoms with E-state index in [9.17, 15) is 18.0 Å². The minimum atomic E-state index is -0.758. The van der Waals surface area contributed by atoms with Crippen molar-refractivity contribution in [2.24, 2.45) is 0 Å². The molecule has 0 radical (unpaired) electrons. The normalized spacial score (nSPS) is 12.0. The molecule has 1 unspecified atom stereocenters. The van der Waals surface area contributed by atoms with Crippen LogP contribution in [0.3, 0.4) is 0 Å². The molecule has 0 saturated carbocycles. The first kappa shape index (κ1) is 14.1. The van der Waals surface area contributed by atoms with Crippen molar-refractivity contribution in [3.63, 3.8) is 0 Å². The monoisotopic (exact) mass is 279 g/mol. The van der Waals surface area contributed by atoms with Crippen LogP contribution in [0.15, 0.2) is 42.5 Å². The lowest BCUT2D eigenvalue weighted by atomic mass is 10.1. The topological polar surface area (TPSA) is 29.1 Å². The second kappa shape index (κ2) is 5.77. The van der Waals surface area contributed by atoms with Gasteiger partial charge in [-0.2, -0.15) is 0 Å². The Morgan fingerprint density at radius 1 is 1.05 bits per heavy atom. The van der Waals surface area contributed by atoms with E-state index in [1.54, 1.807) is 0 Å². The molecule has 0 saturated heterocycles. The first-order chi connectivity index (χ1) is 9.49. The van der Waals surface area contributed by atoms with Crippen molar-refractivity contribution < 1.29 is 18.0 Å². The van der Waals surface area contributed by atoms with Crippen LogP contribution < -0.4 is 5.32 Å². The van der Waals surface area contributed by atoms with E-state index in [2.05, 4.69) is 5.32 Å². The zero-order chi connectivity index (χ0) is 14.7. The third-order valence-corrected chi connectivity index (χ3v) is 2.90. The van der Waals surface area contributed by atoms with Gasteiger partial charge in [-0.3, -0.25) is 4.79 Å². The Morgan fingerprint density at radius 2 is 1.75 bits per heavy atom. The van der Waals surface area contributed by atoms with E-state index >= 15 is 0 Å². The quantitative estimate of drug-likeness (QED) is 0.914. The van der Waals surface area contributed by atoms with Crippen molar-refractivity contribution in [3.05, 3.63) is 71.0 Å². The van der Waals surface area contributed by atoms with Gasteiger partial charge in [0.05, 0.1) is 11.6 Å². The van der Waals surface area contributed by atoms with Crippen LogP contribution >= 0.6 is 0 Å². The lowest BCUT2D eigenvalue weighted by molar-refractivity contribution is 0.0935. The van der Waals surface area contributed by atoms with Crippen LogP contribution in [0, 0.1) is 17.5 Å². The molecule has 0 aromatic heterocycles. The number of rotatable bonds is 3. The van der Waals surface area contributed by atoms with Crippen molar-refractivity contribution in [3.8, 4) is 0 Å². The van der Waals surface area contributed by atoms with Gasteiger partial charge in [-0.1, -0.05) is 18.2 Å².